The fourth-order valence-electron chi connectivity index (χ4n) is 5.78. The van der Waals surface area contributed by atoms with Gasteiger partial charge in [-0.3, -0.25) is 9.69 Å². The molecule has 2 heterocycles. The van der Waals surface area contributed by atoms with Gasteiger partial charge < -0.3 is 5.32 Å². The van der Waals surface area contributed by atoms with Crippen molar-refractivity contribution < 1.29 is 4.79 Å². The average molecular weight is 331 g/mol. The highest BCUT2D eigenvalue weighted by atomic mass is 16.2. The van der Waals surface area contributed by atoms with E-state index in [-0.39, 0.29) is 12.1 Å². The first-order valence-corrected chi connectivity index (χ1v) is 10.4. The molecule has 134 valence electrons. The summed E-state index contributed by atoms with van der Waals surface area (Å²) in [7, 11) is 0. The Labute approximate surface area is 147 Å². The van der Waals surface area contributed by atoms with Gasteiger partial charge in [0.15, 0.2) is 0 Å². The lowest BCUT2D eigenvalue weighted by Gasteiger charge is -2.45. The fourth-order valence-corrected chi connectivity index (χ4v) is 5.78. The Morgan fingerprint density at radius 3 is 2.58 bits per heavy atom. The molecule has 3 heteroatoms. The normalized spacial score (nSPS) is 42.0. The van der Waals surface area contributed by atoms with Crippen molar-refractivity contribution in [2.24, 2.45) is 23.7 Å². The van der Waals surface area contributed by atoms with Gasteiger partial charge in [0, 0.05) is 12.6 Å². The van der Waals surface area contributed by atoms with Crippen molar-refractivity contribution in [3.05, 3.63) is 11.6 Å². The first kappa shape index (κ1) is 16.6. The molecule has 0 aromatic carbocycles. The van der Waals surface area contributed by atoms with Crippen LogP contribution in [0.3, 0.4) is 0 Å². The van der Waals surface area contributed by atoms with E-state index in [9.17, 15) is 4.79 Å². The largest absolute Gasteiger partial charge is 0.336 e. The van der Waals surface area contributed by atoms with Gasteiger partial charge in [0.1, 0.15) is 6.17 Å². The van der Waals surface area contributed by atoms with Crippen LogP contribution < -0.4 is 5.32 Å². The number of amides is 1. The summed E-state index contributed by atoms with van der Waals surface area (Å²) in [6.07, 6.45) is 14.3. The van der Waals surface area contributed by atoms with Crippen molar-refractivity contribution in [1.82, 2.24) is 10.2 Å². The Hall–Kier alpha value is -0.830. The van der Waals surface area contributed by atoms with Crippen molar-refractivity contribution >= 4 is 5.91 Å². The van der Waals surface area contributed by atoms with Crippen LogP contribution in [0.15, 0.2) is 11.6 Å². The second kappa shape index (κ2) is 6.82. The van der Waals surface area contributed by atoms with E-state index < -0.39 is 0 Å². The molecule has 1 amide bonds. The van der Waals surface area contributed by atoms with E-state index in [0.29, 0.717) is 11.9 Å². The minimum absolute atomic E-state index is 0.222. The first-order valence-electron chi connectivity index (χ1n) is 10.4. The summed E-state index contributed by atoms with van der Waals surface area (Å²) < 4.78 is 0. The molecule has 24 heavy (non-hydrogen) atoms. The van der Waals surface area contributed by atoms with Gasteiger partial charge in [-0.05, 0) is 68.3 Å². The predicted octanol–water partition coefficient (Wildman–Crippen LogP) is 4.10. The standard InChI is InChI=1S/C21H34N2O/c1-14(2)16-9-7-15(8-10-16)13-17-11-12-23-19-6-4-3-5-18(19)21(24)22-20(17)23/h13-16,18-20H,3-12H2,1-2H3,(H,22,24)/b17-13+. The predicted molar refractivity (Wildman–Crippen MR) is 97.4 cm³/mol. The highest BCUT2D eigenvalue weighted by Gasteiger charge is 2.46. The van der Waals surface area contributed by atoms with Crippen LogP contribution >= 0.6 is 0 Å². The maximum absolute atomic E-state index is 12.6. The van der Waals surface area contributed by atoms with E-state index in [1.54, 1.807) is 0 Å². The van der Waals surface area contributed by atoms with Crippen LogP contribution in [0, 0.1) is 23.7 Å². The molecular weight excluding hydrogens is 296 g/mol. The molecule has 2 aliphatic carbocycles. The molecule has 2 aliphatic heterocycles. The average Bonchev–Trinajstić information content (AvgIpc) is 2.98. The zero-order valence-electron chi connectivity index (χ0n) is 15.5. The SMILES string of the molecule is CC(C)C1CCC(/C=C2\CCN3C2NC(=O)C2CCCCC23)CC1. The Bertz CT molecular complexity index is 504. The van der Waals surface area contributed by atoms with Crippen molar-refractivity contribution in [1.29, 1.82) is 0 Å². The molecule has 0 spiro atoms. The van der Waals surface area contributed by atoms with Gasteiger partial charge in [-0.1, -0.05) is 32.8 Å². The first-order chi connectivity index (χ1) is 11.6. The zero-order valence-corrected chi connectivity index (χ0v) is 15.5. The molecule has 1 N–H and O–H groups in total. The third-order valence-electron chi connectivity index (χ3n) is 7.32. The third kappa shape index (κ3) is 3.05. The smallest absolute Gasteiger partial charge is 0.226 e. The third-order valence-corrected chi connectivity index (χ3v) is 7.32. The van der Waals surface area contributed by atoms with Gasteiger partial charge in [0.25, 0.3) is 0 Å². The van der Waals surface area contributed by atoms with Gasteiger partial charge in [-0.25, -0.2) is 0 Å². The summed E-state index contributed by atoms with van der Waals surface area (Å²) in [5, 5.41) is 3.36. The number of hydrogen-bond acceptors (Lipinski definition) is 2. The van der Waals surface area contributed by atoms with E-state index in [1.165, 1.54) is 50.5 Å². The molecule has 4 aliphatic rings. The molecule has 0 bridgehead atoms. The fraction of sp³-hybridized carbons (Fsp3) is 0.857. The summed E-state index contributed by atoms with van der Waals surface area (Å²) in [5.74, 6) is 3.10. The molecule has 4 fully saturated rings. The Kier molecular flexibility index (Phi) is 4.73. The number of rotatable bonds is 2. The summed E-state index contributed by atoms with van der Waals surface area (Å²) in [6, 6.07) is 0.514. The number of hydrogen-bond donors (Lipinski definition) is 1. The molecule has 0 aromatic heterocycles. The molecule has 3 atom stereocenters. The molecule has 3 nitrogen and oxygen atoms in total. The Morgan fingerprint density at radius 1 is 1.08 bits per heavy atom. The van der Waals surface area contributed by atoms with Gasteiger partial charge in [-0.2, -0.15) is 0 Å². The van der Waals surface area contributed by atoms with E-state index in [0.717, 1.165) is 37.1 Å². The van der Waals surface area contributed by atoms with Crippen molar-refractivity contribution in [2.75, 3.05) is 6.54 Å². The number of allylic oxidation sites excluding steroid dienone is 1. The summed E-state index contributed by atoms with van der Waals surface area (Å²) in [6.45, 7) is 5.90. The number of nitrogens with one attached hydrogen (secondary N) is 1. The maximum Gasteiger partial charge on any atom is 0.226 e. The van der Waals surface area contributed by atoms with Crippen LogP contribution in [0.4, 0.5) is 0 Å². The van der Waals surface area contributed by atoms with Crippen LogP contribution in [0.5, 0.6) is 0 Å². The minimum atomic E-state index is 0.222. The Morgan fingerprint density at radius 2 is 1.83 bits per heavy atom. The lowest BCUT2D eigenvalue weighted by Crippen LogP contribution is -2.61. The van der Waals surface area contributed by atoms with Crippen LogP contribution in [0.2, 0.25) is 0 Å². The molecule has 2 saturated carbocycles. The van der Waals surface area contributed by atoms with E-state index in [1.807, 2.05) is 0 Å². The number of nitrogens with zero attached hydrogens (tertiary/aromatic N) is 1. The van der Waals surface area contributed by atoms with Crippen molar-refractivity contribution in [3.63, 3.8) is 0 Å². The zero-order chi connectivity index (χ0) is 16.7. The van der Waals surface area contributed by atoms with Gasteiger partial charge >= 0.3 is 0 Å². The monoisotopic (exact) mass is 330 g/mol. The van der Waals surface area contributed by atoms with Crippen LogP contribution in [-0.4, -0.2) is 29.6 Å². The number of carbonyl (C=O) groups is 1. The summed E-state index contributed by atoms with van der Waals surface area (Å²) in [5.41, 5.74) is 1.51. The van der Waals surface area contributed by atoms with Crippen LogP contribution in [0.25, 0.3) is 0 Å². The number of carbonyl (C=O) groups excluding carboxylic acids is 1. The maximum atomic E-state index is 12.6. The lowest BCUT2D eigenvalue weighted by atomic mass is 9.76. The van der Waals surface area contributed by atoms with Crippen LogP contribution in [-0.2, 0) is 4.79 Å². The topological polar surface area (TPSA) is 32.3 Å². The number of fused-ring (bicyclic) bond motifs is 3. The highest BCUT2D eigenvalue weighted by molar-refractivity contribution is 5.81. The van der Waals surface area contributed by atoms with E-state index in [4.69, 9.17) is 0 Å². The Balaban J connectivity index is 1.43. The van der Waals surface area contributed by atoms with E-state index in [2.05, 4.69) is 30.1 Å². The van der Waals surface area contributed by atoms with Gasteiger partial charge in [0.2, 0.25) is 5.91 Å². The molecule has 3 unspecified atom stereocenters. The minimum Gasteiger partial charge on any atom is -0.336 e. The molecule has 0 aromatic rings. The van der Waals surface area contributed by atoms with Crippen molar-refractivity contribution in [2.45, 2.75) is 83.8 Å². The van der Waals surface area contributed by atoms with Crippen molar-refractivity contribution in [3.8, 4) is 0 Å². The summed E-state index contributed by atoms with van der Waals surface area (Å²) >= 11 is 0. The van der Waals surface area contributed by atoms with E-state index >= 15 is 0 Å². The van der Waals surface area contributed by atoms with Gasteiger partial charge in [-0.15, -0.1) is 0 Å². The highest BCUT2D eigenvalue weighted by Crippen LogP contribution is 2.40. The molecule has 2 saturated heterocycles. The molecule has 4 rings (SSSR count). The summed E-state index contributed by atoms with van der Waals surface area (Å²) in [4.78, 5) is 15.2. The van der Waals surface area contributed by atoms with Gasteiger partial charge in [0.05, 0.1) is 5.92 Å². The molecule has 0 radical (unpaired) electrons. The molecular formula is C21H34N2O. The van der Waals surface area contributed by atoms with Crippen LogP contribution in [0.1, 0.15) is 71.6 Å². The quantitative estimate of drug-likeness (QED) is 0.773. The second-order valence-electron chi connectivity index (χ2n) is 9.02. The second-order valence-corrected chi connectivity index (χ2v) is 9.02. The lowest BCUT2D eigenvalue weighted by molar-refractivity contribution is -0.135.